The maximum absolute atomic E-state index is 9.76. The Morgan fingerprint density at radius 2 is 2.28 bits per heavy atom. The number of hydrogen-bond acceptors (Lipinski definition) is 5. The van der Waals surface area contributed by atoms with Crippen molar-refractivity contribution in [3.05, 3.63) is 27.6 Å². The molecule has 0 aliphatic heterocycles. The van der Waals surface area contributed by atoms with Crippen LogP contribution < -0.4 is 0 Å². The molecule has 1 aromatic carbocycles. The lowest BCUT2D eigenvalue weighted by Crippen LogP contribution is -1.94. The van der Waals surface area contributed by atoms with Crippen LogP contribution in [0.4, 0.5) is 0 Å². The summed E-state index contributed by atoms with van der Waals surface area (Å²) in [5.74, 6) is 1.11. The second-order valence-electron chi connectivity index (χ2n) is 3.77. The summed E-state index contributed by atoms with van der Waals surface area (Å²) in [5.41, 5.74) is 0.562. The van der Waals surface area contributed by atoms with Crippen LogP contribution in [-0.2, 0) is 11.2 Å². The highest BCUT2D eigenvalue weighted by atomic mass is 127. The fourth-order valence-corrected chi connectivity index (χ4v) is 2.01. The van der Waals surface area contributed by atoms with Crippen molar-refractivity contribution in [3.63, 3.8) is 0 Å². The number of aromatic nitrogens is 2. The van der Waals surface area contributed by atoms with Gasteiger partial charge in [0.1, 0.15) is 5.75 Å². The van der Waals surface area contributed by atoms with E-state index in [4.69, 9.17) is 9.26 Å². The molecule has 5 nitrogen and oxygen atoms in total. The van der Waals surface area contributed by atoms with Gasteiger partial charge in [-0.2, -0.15) is 4.98 Å². The topological polar surface area (TPSA) is 68.4 Å². The van der Waals surface area contributed by atoms with Gasteiger partial charge in [0.05, 0.1) is 5.56 Å². The molecule has 0 aliphatic rings. The lowest BCUT2D eigenvalue weighted by Gasteiger charge is -1.99. The molecule has 0 aliphatic carbocycles. The normalized spacial score (nSPS) is 10.8. The Hall–Kier alpha value is -1.15. The van der Waals surface area contributed by atoms with Crippen LogP contribution in [0.15, 0.2) is 22.7 Å². The number of rotatable bonds is 5. The van der Waals surface area contributed by atoms with Gasteiger partial charge in [0.25, 0.3) is 5.89 Å². The maximum Gasteiger partial charge on any atom is 0.261 e. The van der Waals surface area contributed by atoms with Crippen molar-refractivity contribution in [2.45, 2.75) is 12.8 Å². The molecule has 0 saturated carbocycles. The number of benzene rings is 1. The molecule has 0 atom stereocenters. The van der Waals surface area contributed by atoms with Gasteiger partial charge < -0.3 is 14.4 Å². The molecule has 1 heterocycles. The summed E-state index contributed by atoms with van der Waals surface area (Å²) in [7, 11) is 1.66. The summed E-state index contributed by atoms with van der Waals surface area (Å²) < 4.78 is 11.1. The predicted molar refractivity (Wildman–Crippen MR) is 74.3 cm³/mol. The number of halogens is 1. The van der Waals surface area contributed by atoms with Crippen molar-refractivity contribution in [2.24, 2.45) is 0 Å². The van der Waals surface area contributed by atoms with E-state index < -0.39 is 0 Å². The van der Waals surface area contributed by atoms with Gasteiger partial charge in [-0.05, 0) is 47.2 Å². The standard InChI is InChI=1S/C12H13IN2O3/c1-17-6-2-3-11-14-12(18-15-11)9-7-8(13)4-5-10(9)16/h4-5,7,16H,2-3,6H2,1H3. The van der Waals surface area contributed by atoms with E-state index in [1.54, 1.807) is 13.2 Å². The van der Waals surface area contributed by atoms with Crippen LogP contribution in [0.5, 0.6) is 5.75 Å². The maximum atomic E-state index is 9.76. The van der Waals surface area contributed by atoms with Gasteiger partial charge in [-0.3, -0.25) is 0 Å². The van der Waals surface area contributed by atoms with Crippen molar-refractivity contribution in [3.8, 4) is 17.2 Å². The summed E-state index contributed by atoms with van der Waals surface area (Å²) in [5, 5.41) is 13.6. The van der Waals surface area contributed by atoms with Crippen LogP contribution in [-0.4, -0.2) is 29.0 Å². The van der Waals surface area contributed by atoms with Crippen molar-refractivity contribution < 1.29 is 14.4 Å². The zero-order valence-electron chi connectivity index (χ0n) is 9.89. The van der Waals surface area contributed by atoms with E-state index in [-0.39, 0.29) is 5.75 Å². The Morgan fingerprint density at radius 3 is 3.06 bits per heavy atom. The van der Waals surface area contributed by atoms with E-state index in [9.17, 15) is 5.11 Å². The lowest BCUT2D eigenvalue weighted by atomic mass is 10.2. The molecule has 0 saturated heterocycles. The van der Waals surface area contributed by atoms with Gasteiger partial charge in [-0.15, -0.1) is 0 Å². The van der Waals surface area contributed by atoms with E-state index in [1.807, 2.05) is 12.1 Å². The molecule has 0 bridgehead atoms. The van der Waals surface area contributed by atoms with Gasteiger partial charge in [-0.1, -0.05) is 5.16 Å². The summed E-state index contributed by atoms with van der Waals surface area (Å²) in [4.78, 5) is 4.26. The van der Waals surface area contributed by atoms with E-state index in [0.29, 0.717) is 30.3 Å². The Labute approximate surface area is 118 Å². The Kier molecular flexibility index (Phi) is 4.54. The zero-order chi connectivity index (χ0) is 13.0. The number of methoxy groups -OCH3 is 1. The minimum Gasteiger partial charge on any atom is -0.507 e. The number of hydrogen-bond donors (Lipinski definition) is 1. The molecule has 0 radical (unpaired) electrons. The number of nitrogens with zero attached hydrogens (tertiary/aromatic N) is 2. The number of phenols is 1. The highest BCUT2D eigenvalue weighted by Crippen LogP contribution is 2.29. The highest BCUT2D eigenvalue weighted by Gasteiger charge is 2.13. The molecule has 0 fully saturated rings. The van der Waals surface area contributed by atoms with Crippen molar-refractivity contribution in [1.29, 1.82) is 0 Å². The minimum atomic E-state index is 0.141. The molecule has 2 aromatic rings. The third kappa shape index (κ3) is 3.20. The molecular weight excluding hydrogens is 347 g/mol. The summed E-state index contributed by atoms with van der Waals surface area (Å²) in [6.45, 7) is 0.665. The zero-order valence-corrected chi connectivity index (χ0v) is 12.0. The van der Waals surface area contributed by atoms with E-state index in [2.05, 4.69) is 32.7 Å². The largest absolute Gasteiger partial charge is 0.507 e. The first-order valence-corrected chi connectivity index (χ1v) is 6.59. The monoisotopic (exact) mass is 360 g/mol. The second kappa shape index (κ2) is 6.14. The summed E-state index contributed by atoms with van der Waals surface area (Å²) in [6, 6.07) is 5.24. The fourth-order valence-electron chi connectivity index (χ4n) is 1.52. The third-order valence-electron chi connectivity index (χ3n) is 2.41. The summed E-state index contributed by atoms with van der Waals surface area (Å²) >= 11 is 2.17. The van der Waals surface area contributed by atoms with Crippen molar-refractivity contribution in [2.75, 3.05) is 13.7 Å². The molecule has 0 amide bonds. The van der Waals surface area contributed by atoms with Crippen LogP contribution in [0.2, 0.25) is 0 Å². The average Bonchev–Trinajstić information content (AvgIpc) is 2.81. The van der Waals surface area contributed by atoms with Crippen molar-refractivity contribution in [1.82, 2.24) is 10.1 Å². The lowest BCUT2D eigenvalue weighted by molar-refractivity contribution is 0.194. The van der Waals surface area contributed by atoms with Crippen LogP contribution in [0.1, 0.15) is 12.2 Å². The smallest absolute Gasteiger partial charge is 0.261 e. The molecule has 1 aromatic heterocycles. The first-order chi connectivity index (χ1) is 8.70. The van der Waals surface area contributed by atoms with E-state index >= 15 is 0 Å². The number of aryl methyl sites for hydroxylation is 1. The van der Waals surface area contributed by atoms with E-state index in [0.717, 1.165) is 9.99 Å². The molecule has 0 unspecified atom stereocenters. The molecular formula is C12H13IN2O3. The third-order valence-corrected chi connectivity index (χ3v) is 3.08. The minimum absolute atomic E-state index is 0.141. The first kappa shape index (κ1) is 13.3. The Morgan fingerprint density at radius 1 is 1.44 bits per heavy atom. The fraction of sp³-hybridized carbons (Fsp3) is 0.333. The number of aromatic hydroxyl groups is 1. The highest BCUT2D eigenvalue weighted by molar-refractivity contribution is 14.1. The quantitative estimate of drug-likeness (QED) is 0.656. The summed E-state index contributed by atoms with van der Waals surface area (Å²) in [6.07, 6.45) is 1.54. The van der Waals surface area contributed by atoms with Crippen LogP contribution in [0, 0.1) is 3.57 Å². The van der Waals surface area contributed by atoms with Gasteiger partial charge in [0, 0.05) is 23.7 Å². The van der Waals surface area contributed by atoms with Crippen LogP contribution >= 0.6 is 22.6 Å². The second-order valence-corrected chi connectivity index (χ2v) is 5.02. The molecule has 1 N–H and O–H groups in total. The van der Waals surface area contributed by atoms with Gasteiger partial charge in [0.15, 0.2) is 5.82 Å². The Balaban J connectivity index is 2.16. The van der Waals surface area contributed by atoms with Gasteiger partial charge in [-0.25, -0.2) is 0 Å². The number of phenolic OH excluding ortho intramolecular Hbond substituents is 1. The first-order valence-electron chi connectivity index (χ1n) is 5.51. The Bertz CT molecular complexity index is 528. The molecule has 0 spiro atoms. The van der Waals surface area contributed by atoms with Crippen LogP contribution in [0.3, 0.4) is 0 Å². The van der Waals surface area contributed by atoms with Gasteiger partial charge >= 0.3 is 0 Å². The number of ether oxygens (including phenoxy) is 1. The molecule has 96 valence electrons. The molecule has 2 rings (SSSR count). The molecule has 6 heteroatoms. The molecule has 18 heavy (non-hydrogen) atoms. The predicted octanol–water partition coefficient (Wildman–Crippen LogP) is 2.63. The van der Waals surface area contributed by atoms with Gasteiger partial charge in [0.2, 0.25) is 0 Å². The van der Waals surface area contributed by atoms with Crippen molar-refractivity contribution >= 4 is 22.6 Å². The van der Waals surface area contributed by atoms with Crippen LogP contribution in [0.25, 0.3) is 11.5 Å². The SMILES string of the molecule is COCCCc1noc(-c2cc(I)ccc2O)n1. The average molecular weight is 360 g/mol. The van der Waals surface area contributed by atoms with E-state index in [1.165, 1.54) is 0 Å².